The number of nitrogens with two attached hydrogens (primary N) is 1. The minimum absolute atomic E-state index is 0.0468. The molecule has 0 saturated carbocycles. The van der Waals surface area contributed by atoms with Crippen LogP contribution in [-0.2, 0) is 6.54 Å². The molecule has 0 aliphatic carbocycles. The van der Waals surface area contributed by atoms with Gasteiger partial charge in [-0.3, -0.25) is 4.79 Å². The van der Waals surface area contributed by atoms with Crippen LogP contribution >= 0.6 is 0 Å². The van der Waals surface area contributed by atoms with Gasteiger partial charge in [0.1, 0.15) is 0 Å². The first-order valence-electron chi connectivity index (χ1n) is 7.23. The summed E-state index contributed by atoms with van der Waals surface area (Å²) in [5, 5.41) is 0. The fourth-order valence-corrected chi connectivity index (χ4v) is 2.37. The number of carbonyl (C=O) groups excluding carboxylic acids is 1. The Morgan fingerprint density at radius 2 is 1.76 bits per heavy atom. The molecule has 0 bridgehead atoms. The number of amides is 1. The lowest BCUT2D eigenvalue weighted by molar-refractivity contribution is 0.0747. The maximum atomic E-state index is 12.8. The molecule has 0 atom stereocenters. The Labute approximate surface area is 126 Å². The predicted octanol–water partition coefficient (Wildman–Crippen LogP) is 2.90. The van der Waals surface area contributed by atoms with Crippen LogP contribution in [0.15, 0.2) is 48.5 Å². The van der Waals surface area contributed by atoms with E-state index in [2.05, 4.69) is 0 Å². The molecule has 0 heterocycles. The number of benzene rings is 2. The quantitative estimate of drug-likeness (QED) is 0.916. The van der Waals surface area contributed by atoms with E-state index in [9.17, 15) is 4.79 Å². The van der Waals surface area contributed by atoms with E-state index < -0.39 is 0 Å². The van der Waals surface area contributed by atoms with Crippen LogP contribution < -0.4 is 5.73 Å². The molecule has 0 unspecified atom stereocenters. The van der Waals surface area contributed by atoms with Crippen molar-refractivity contribution in [2.75, 3.05) is 13.1 Å². The zero-order valence-electron chi connectivity index (χ0n) is 12.7. The first kappa shape index (κ1) is 15.3. The van der Waals surface area contributed by atoms with Gasteiger partial charge in [0.15, 0.2) is 0 Å². The molecule has 0 saturated heterocycles. The number of carbonyl (C=O) groups is 1. The molecule has 0 radical (unpaired) electrons. The van der Waals surface area contributed by atoms with E-state index >= 15 is 0 Å². The van der Waals surface area contributed by atoms with Gasteiger partial charge in [0.05, 0.1) is 0 Å². The molecule has 3 nitrogen and oxygen atoms in total. The summed E-state index contributed by atoms with van der Waals surface area (Å²) >= 11 is 0. The normalized spacial score (nSPS) is 10.4. The van der Waals surface area contributed by atoms with Gasteiger partial charge in [-0.2, -0.15) is 0 Å². The van der Waals surface area contributed by atoms with E-state index in [-0.39, 0.29) is 5.91 Å². The maximum Gasteiger partial charge on any atom is 0.254 e. The molecule has 2 rings (SSSR count). The van der Waals surface area contributed by atoms with Crippen molar-refractivity contribution in [3.63, 3.8) is 0 Å². The van der Waals surface area contributed by atoms with Crippen LogP contribution in [0, 0.1) is 13.8 Å². The van der Waals surface area contributed by atoms with Crippen molar-refractivity contribution in [2.45, 2.75) is 20.4 Å². The molecule has 0 aliphatic heterocycles. The van der Waals surface area contributed by atoms with Crippen LogP contribution in [0.1, 0.15) is 27.0 Å². The molecule has 0 fully saturated rings. The van der Waals surface area contributed by atoms with Crippen molar-refractivity contribution >= 4 is 5.91 Å². The van der Waals surface area contributed by atoms with E-state index in [1.54, 1.807) is 0 Å². The van der Waals surface area contributed by atoms with Crippen LogP contribution in [0.25, 0.3) is 0 Å². The summed E-state index contributed by atoms with van der Waals surface area (Å²) in [5.74, 6) is 0.0468. The third-order valence-corrected chi connectivity index (χ3v) is 3.74. The molecule has 1 amide bonds. The SMILES string of the molecule is Cc1cccc(C(=O)N(CCN)Cc2ccccc2)c1C. The van der Waals surface area contributed by atoms with Crippen molar-refractivity contribution in [1.29, 1.82) is 0 Å². The van der Waals surface area contributed by atoms with Crippen molar-refractivity contribution in [3.8, 4) is 0 Å². The number of aryl methyl sites for hydroxylation is 1. The van der Waals surface area contributed by atoms with Crippen molar-refractivity contribution in [1.82, 2.24) is 4.90 Å². The first-order chi connectivity index (χ1) is 10.1. The van der Waals surface area contributed by atoms with Crippen molar-refractivity contribution < 1.29 is 4.79 Å². The van der Waals surface area contributed by atoms with Gasteiger partial charge in [0.25, 0.3) is 5.91 Å². The third-order valence-electron chi connectivity index (χ3n) is 3.74. The third kappa shape index (κ3) is 3.70. The molecule has 21 heavy (non-hydrogen) atoms. The van der Waals surface area contributed by atoms with Gasteiger partial charge in [-0.25, -0.2) is 0 Å². The second-order valence-corrected chi connectivity index (χ2v) is 5.25. The molecule has 110 valence electrons. The summed E-state index contributed by atoms with van der Waals surface area (Å²) in [5.41, 5.74) is 9.72. The van der Waals surface area contributed by atoms with Gasteiger partial charge in [0.2, 0.25) is 0 Å². The lowest BCUT2D eigenvalue weighted by Crippen LogP contribution is -2.35. The zero-order valence-corrected chi connectivity index (χ0v) is 12.7. The molecular formula is C18H22N2O. The summed E-state index contributed by atoms with van der Waals surface area (Å²) in [6.45, 7) is 5.62. The summed E-state index contributed by atoms with van der Waals surface area (Å²) < 4.78 is 0. The minimum atomic E-state index is 0.0468. The number of nitrogens with zero attached hydrogens (tertiary/aromatic N) is 1. The summed E-state index contributed by atoms with van der Waals surface area (Å²) in [4.78, 5) is 14.6. The highest BCUT2D eigenvalue weighted by Crippen LogP contribution is 2.16. The number of hydrogen-bond acceptors (Lipinski definition) is 2. The Hall–Kier alpha value is -2.13. The van der Waals surface area contributed by atoms with Crippen molar-refractivity contribution in [3.05, 3.63) is 70.8 Å². The summed E-state index contributed by atoms with van der Waals surface area (Å²) in [6, 6.07) is 15.8. The van der Waals surface area contributed by atoms with Gasteiger partial charge in [-0.15, -0.1) is 0 Å². The highest BCUT2D eigenvalue weighted by molar-refractivity contribution is 5.96. The number of hydrogen-bond donors (Lipinski definition) is 1. The largest absolute Gasteiger partial charge is 0.333 e. The maximum absolute atomic E-state index is 12.8. The lowest BCUT2D eigenvalue weighted by Gasteiger charge is -2.23. The van der Waals surface area contributed by atoms with Gasteiger partial charge < -0.3 is 10.6 Å². The van der Waals surface area contributed by atoms with Crippen LogP contribution in [0.5, 0.6) is 0 Å². The second-order valence-electron chi connectivity index (χ2n) is 5.25. The lowest BCUT2D eigenvalue weighted by atomic mass is 10.0. The predicted molar refractivity (Wildman–Crippen MR) is 86.2 cm³/mol. The van der Waals surface area contributed by atoms with Crippen molar-refractivity contribution in [2.24, 2.45) is 5.73 Å². The van der Waals surface area contributed by atoms with E-state index in [1.165, 1.54) is 0 Å². The van der Waals surface area contributed by atoms with Gasteiger partial charge >= 0.3 is 0 Å². The Morgan fingerprint density at radius 3 is 2.43 bits per heavy atom. The first-order valence-corrected chi connectivity index (χ1v) is 7.23. The summed E-state index contributed by atoms with van der Waals surface area (Å²) in [6.07, 6.45) is 0. The Kier molecular flexibility index (Phi) is 5.12. The standard InChI is InChI=1S/C18H22N2O/c1-14-7-6-10-17(15(14)2)18(21)20(12-11-19)13-16-8-4-3-5-9-16/h3-10H,11-13,19H2,1-2H3. The molecule has 0 spiro atoms. The molecule has 3 heteroatoms. The molecule has 0 aromatic heterocycles. The minimum Gasteiger partial charge on any atom is -0.333 e. The van der Waals surface area contributed by atoms with Gasteiger partial charge in [-0.1, -0.05) is 42.5 Å². The van der Waals surface area contributed by atoms with Crippen LogP contribution in [0.2, 0.25) is 0 Å². The summed E-state index contributed by atoms with van der Waals surface area (Å²) in [7, 11) is 0. The fraction of sp³-hybridized carbons (Fsp3) is 0.278. The number of rotatable bonds is 5. The van der Waals surface area contributed by atoms with Crippen LogP contribution in [0.4, 0.5) is 0 Å². The molecule has 2 aromatic rings. The highest BCUT2D eigenvalue weighted by Gasteiger charge is 2.17. The van der Waals surface area contributed by atoms with E-state index in [0.717, 1.165) is 22.3 Å². The molecule has 2 N–H and O–H groups in total. The highest BCUT2D eigenvalue weighted by atomic mass is 16.2. The van der Waals surface area contributed by atoms with Gasteiger partial charge in [0, 0.05) is 25.2 Å². The monoisotopic (exact) mass is 282 g/mol. The molecular weight excluding hydrogens is 260 g/mol. The second kappa shape index (κ2) is 7.04. The molecule has 0 aliphatic rings. The van der Waals surface area contributed by atoms with E-state index in [1.807, 2.05) is 67.3 Å². The Balaban J connectivity index is 2.25. The van der Waals surface area contributed by atoms with Gasteiger partial charge in [-0.05, 0) is 36.6 Å². The average molecular weight is 282 g/mol. The zero-order chi connectivity index (χ0) is 15.2. The fourth-order valence-electron chi connectivity index (χ4n) is 2.37. The smallest absolute Gasteiger partial charge is 0.254 e. The van der Waals surface area contributed by atoms with E-state index in [4.69, 9.17) is 5.73 Å². The van der Waals surface area contributed by atoms with Crippen LogP contribution in [-0.4, -0.2) is 23.9 Å². The Bertz CT molecular complexity index is 608. The van der Waals surface area contributed by atoms with E-state index in [0.29, 0.717) is 19.6 Å². The molecule has 2 aromatic carbocycles. The topological polar surface area (TPSA) is 46.3 Å². The van der Waals surface area contributed by atoms with Crippen LogP contribution in [0.3, 0.4) is 0 Å². The average Bonchev–Trinajstić information content (AvgIpc) is 2.50. The Morgan fingerprint density at radius 1 is 1.05 bits per heavy atom.